The van der Waals surface area contributed by atoms with Gasteiger partial charge in [-0.3, -0.25) is 10.1 Å². The number of nitrogens with two attached hydrogens (primary N) is 1. The molecule has 0 heterocycles. The van der Waals surface area contributed by atoms with E-state index in [1.165, 1.54) is 0 Å². The lowest BCUT2D eigenvalue weighted by molar-refractivity contribution is -0.385. The van der Waals surface area contributed by atoms with Crippen molar-refractivity contribution in [3.8, 4) is 11.1 Å². The zero-order valence-corrected chi connectivity index (χ0v) is 14.0. The van der Waals surface area contributed by atoms with E-state index in [9.17, 15) is 14.9 Å². The third kappa shape index (κ3) is 4.02. The molecule has 0 saturated heterocycles. The number of halogens is 1. The van der Waals surface area contributed by atoms with Crippen LogP contribution in [0.1, 0.15) is 19.4 Å². The quantitative estimate of drug-likeness (QED) is 0.642. The second-order valence-corrected chi connectivity index (χ2v) is 6.29. The summed E-state index contributed by atoms with van der Waals surface area (Å²) in [5.74, 6) is 0. The Morgan fingerprint density at radius 1 is 1.25 bits per heavy atom. The van der Waals surface area contributed by atoms with Crippen LogP contribution in [0.25, 0.3) is 11.1 Å². The van der Waals surface area contributed by atoms with Crippen molar-refractivity contribution in [3.63, 3.8) is 0 Å². The van der Waals surface area contributed by atoms with Crippen molar-refractivity contribution in [2.45, 2.75) is 25.9 Å². The average molecular weight is 349 g/mol. The summed E-state index contributed by atoms with van der Waals surface area (Å²) in [5.41, 5.74) is 5.58. The van der Waals surface area contributed by atoms with E-state index in [-0.39, 0.29) is 17.1 Å². The van der Waals surface area contributed by atoms with E-state index in [0.29, 0.717) is 11.1 Å². The van der Waals surface area contributed by atoms with Crippen LogP contribution in [0.5, 0.6) is 0 Å². The highest BCUT2D eigenvalue weighted by Gasteiger charge is 2.29. The van der Waals surface area contributed by atoms with Crippen LogP contribution in [0.15, 0.2) is 42.5 Å². The Morgan fingerprint density at radius 2 is 1.88 bits per heavy atom. The van der Waals surface area contributed by atoms with E-state index in [1.54, 1.807) is 26.0 Å². The molecular formula is C17H17ClN2O4. The highest BCUT2D eigenvalue weighted by Crippen LogP contribution is 2.39. The minimum absolute atomic E-state index is 0.0542. The number of primary amides is 1. The van der Waals surface area contributed by atoms with Crippen LogP contribution in [0, 0.1) is 10.1 Å². The molecule has 0 saturated carbocycles. The molecule has 2 N–H and O–H groups in total. The molecule has 0 atom stereocenters. The van der Waals surface area contributed by atoms with Gasteiger partial charge in [-0.1, -0.05) is 54.1 Å². The van der Waals surface area contributed by atoms with Gasteiger partial charge in [-0.25, -0.2) is 4.79 Å². The standard InChI is InChI=1S/C17H17ClN2O4/c1-17(2,24-16(19)21)10-12-8-9-13(11-6-4-3-5-7-11)14(18)15(12)20(22)23/h3-9H,10H2,1-2H3,(H2,19,21). The van der Waals surface area contributed by atoms with E-state index in [2.05, 4.69) is 0 Å². The van der Waals surface area contributed by atoms with Gasteiger partial charge in [0, 0.05) is 17.5 Å². The molecule has 0 unspecified atom stereocenters. The molecule has 0 aromatic heterocycles. The summed E-state index contributed by atoms with van der Waals surface area (Å²) in [6.07, 6.45) is -0.823. The van der Waals surface area contributed by atoms with E-state index in [0.717, 1.165) is 5.56 Å². The number of carbonyl (C=O) groups excluding carboxylic acids is 1. The lowest BCUT2D eigenvalue weighted by Crippen LogP contribution is -2.33. The minimum atomic E-state index is -0.992. The Morgan fingerprint density at radius 3 is 2.42 bits per heavy atom. The van der Waals surface area contributed by atoms with Gasteiger partial charge in [0.2, 0.25) is 0 Å². The molecular weight excluding hydrogens is 332 g/mol. The first-order valence-electron chi connectivity index (χ1n) is 7.21. The Bertz CT molecular complexity index is 776. The fourth-order valence-electron chi connectivity index (χ4n) is 2.55. The third-order valence-corrected chi connectivity index (χ3v) is 3.84. The van der Waals surface area contributed by atoms with Crippen molar-refractivity contribution in [2.75, 3.05) is 0 Å². The van der Waals surface area contributed by atoms with Crippen molar-refractivity contribution in [2.24, 2.45) is 5.73 Å². The van der Waals surface area contributed by atoms with E-state index in [1.807, 2.05) is 30.3 Å². The summed E-state index contributed by atoms with van der Waals surface area (Å²) in [6, 6.07) is 12.5. The third-order valence-electron chi connectivity index (χ3n) is 3.46. The second-order valence-electron chi connectivity index (χ2n) is 5.92. The maximum Gasteiger partial charge on any atom is 0.405 e. The van der Waals surface area contributed by atoms with Crippen molar-refractivity contribution in [1.82, 2.24) is 0 Å². The zero-order chi connectivity index (χ0) is 17.9. The van der Waals surface area contributed by atoms with Gasteiger partial charge >= 0.3 is 6.09 Å². The summed E-state index contributed by atoms with van der Waals surface area (Å²) < 4.78 is 5.00. The summed E-state index contributed by atoms with van der Waals surface area (Å²) in [4.78, 5) is 22.0. The van der Waals surface area contributed by atoms with Crippen LogP contribution in [-0.4, -0.2) is 16.6 Å². The van der Waals surface area contributed by atoms with E-state index in [4.69, 9.17) is 22.1 Å². The monoisotopic (exact) mass is 348 g/mol. The molecule has 1 amide bonds. The number of rotatable bonds is 5. The maximum atomic E-state index is 11.5. The first kappa shape index (κ1) is 17.7. The fourth-order valence-corrected chi connectivity index (χ4v) is 2.91. The van der Waals surface area contributed by atoms with Crippen molar-refractivity contribution >= 4 is 23.4 Å². The zero-order valence-electron chi connectivity index (χ0n) is 13.3. The molecule has 2 aromatic carbocycles. The molecule has 0 fully saturated rings. The van der Waals surface area contributed by atoms with Crippen molar-refractivity contribution < 1.29 is 14.5 Å². The first-order valence-corrected chi connectivity index (χ1v) is 7.59. The largest absolute Gasteiger partial charge is 0.443 e. The molecule has 0 aliphatic rings. The number of nitro groups is 1. The lowest BCUT2D eigenvalue weighted by Gasteiger charge is -2.24. The second kappa shape index (κ2) is 6.88. The summed E-state index contributed by atoms with van der Waals surface area (Å²) in [6.45, 7) is 3.25. The van der Waals surface area contributed by atoms with E-state index >= 15 is 0 Å². The molecule has 24 heavy (non-hydrogen) atoms. The van der Waals surface area contributed by atoms with Crippen LogP contribution in [0.2, 0.25) is 5.02 Å². The van der Waals surface area contributed by atoms with Crippen molar-refractivity contribution in [3.05, 3.63) is 63.2 Å². The van der Waals surface area contributed by atoms with Gasteiger partial charge in [0.15, 0.2) is 0 Å². The fraction of sp³-hybridized carbons (Fsp3) is 0.235. The Kier molecular flexibility index (Phi) is 5.09. The molecule has 126 valence electrons. The highest BCUT2D eigenvalue weighted by atomic mass is 35.5. The van der Waals surface area contributed by atoms with Crippen LogP contribution in [0.4, 0.5) is 10.5 Å². The summed E-state index contributed by atoms with van der Waals surface area (Å²) >= 11 is 6.30. The Labute approximate surface area is 144 Å². The number of nitrogens with zero attached hydrogens (tertiary/aromatic N) is 1. The highest BCUT2D eigenvalue weighted by molar-refractivity contribution is 6.35. The van der Waals surface area contributed by atoms with Gasteiger partial charge in [0.05, 0.1) is 4.92 Å². The number of hydrogen-bond donors (Lipinski definition) is 1. The molecule has 0 aliphatic carbocycles. The number of amides is 1. The van der Waals surface area contributed by atoms with Gasteiger partial charge < -0.3 is 10.5 Å². The van der Waals surface area contributed by atoms with Crippen LogP contribution < -0.4 is 5.73 Å². The normalized spacial score (nSPS) is 11.1. The van der Waals surface area contributed by atoms with Crippen LogP contribution in [0.3, 0.4) is 0 Å². The van der Waals surface area contributed by atoms with Gasteiger partial charge in [-0.05, 0) is 19.4 Å². The smallest absolute Gasteiger partial charge is 0.405 e. The summed E-state index contributed by atoms with van der Waals surface area (Å²) in [5, 5.41) is 11.6. The predicted molar refractivity (Wildman–Crippen MR) is 92.0 cm³/mol. The molecule has 6 nitrogen and oxygen atoms in total. The van der Waals surface area contributed by atoms with E-state index < -0.39 is 16.6 Å². The van der Waals surface area contributed by atoms with Gasteiger partial charge in [0.25, 0.3) is 5.69 Å². The number of nitro benzene ring substituents is 1. The van der Waals surface area contributed by atoms with Gasteiger partial charge in [0.1, 0.15) is 10.6 Å². The molecule has 2 aromatic rings. The molecule has 7 heteroatoms. The van der Waals surface area contributed by atoms with Crippen LogP contribution >= 0.6 is 11.6 Å². The van der Waals surface area contributed by atoms with Crippen LogP contribution in [-0.2, 0) is 11.2 Å². The Balaban J connectivity index is 2.49. The number of benzene rings is 2. The summed E-state index contributed by atoms with van der Waals surface area (Å²) in [7, 11) is 0. The van der Waals surface area contributed by atoms with Gasteiger partial charge in [-0.15, -0.1) is 0 Å². The molecule has 0 radical (unpaired) electrons. The van der Waals surface area contributed by atoms with Crippen molar-refractivity contribution in [1.29, 1.82) is 0 Å². The topological polar surface area (TPSA) is 95.5 Å². The average Bonchev–Trinajstić information content (AvgIpc) is 2.46. The number of hydrogen-bond acceptors (Lipinski definition) is 4. The predicted octanol–water partition coefficient (Wildman–Crippen LogP) is 4.33. The minimum Gasteiger partial charge on any atom is -0.443 e. The molecule has 0 spiro atoms. The number of ether oxygens (including phenoxy) is 1. The maximum absolute atomic E-state index is 11.5. The van der Waals surface area contributed by atoms with Gasteiger partial charge in [-0.2, -0.15) is 0 Å². The number of carbonyl (C=O) groups is 1. The first-order chi connectivity index (χ1) is 11.2. The molecule has 2 rings (SSSR count). The SMILES string of the molecule is CC(C)(Cc1ccc(-c2ccccc2)c(Cl)c1[N+](=O)[O-])OC(N)=O. The lowest BCUT2D eigenvalue weighted by atomic mass is 9.94. The molecule has 0 aliphatic heterocycles. The Hall–Kier alpha value is -2.60. The molecule has 0 bridgehead atoms.